The van der Waals surface area contributed by atoms with Crippen LogP contribution in [0.4, 0.5) is 9.59 Å². The zero-order valence-corrected chi connectivity index (χ0v) is 20.3. The van der Waals surface area contributed by atoms with E-state index in [0.29, 0.717) is 0 Å². The first kappa shape index (κ1) is 30.2. The van der Waals surface area contributed by atoms with Crippen LogP contribution in [0.15, 0.2) is 30.3 Å². The minimum atomic E-state index is -0.929. The van der Waals surface area contributed by atoms with Crippen molar-refractivity contribution in [1.29, 1.82) is 0 Å². The smallest absolute Gasteiger partial charge is 0.408 e. The molecule has 0 bridgehead atoms. The summed E-state index contributed by atoms with van der Waals surface area (Å²) in [5, 5.41) is 16.8. The van der Waals surface area contributed by atoms with Gasteiger partial charge in [0.2, 0.25) is 5.91 Å². The van der Waals surface area contributed by atoms with Crippen molar-refractivity contribution in [3.05, 3.63) is 35.9 Å². The SMILES string of the molecule is CC.CC(C)(C)OC(=O)NCCOCCNC(=O)C(CCO)NC(=O)OCc1ccccc1. The average Bonchev–Trinajstić information content (AvgIpc) is 2.77. The lowest BCUT2D eigenvalue weighted by Crippen LogP contribution is -2.48. The number of nitrogens with one attached hydrogen (secondary N) is 3. The van der Waals surface area contributed by atoms with Gasteiger partial charge < -0.3 is 35.3 Å². The third-order valence-corrected chi connectivity index (χ3v) is 3.70. The Balaban J connectivity index is 0.00000497. The predicted octanol–water partition coefficient (Wildman–Crippen LogP) is 2.35. The van der Waals surface area contributed by atoms with Gasteiger partial charge >= 0.3 is 12.2 Å². The van der Waals surface area contributed by atoms with E-state index in [1.807, 2.05) is 44.2 Å². The number of hydrogen-bond donors (Lipinski definition) is 4. The second-order valence-corrected chi connectivity index (χ2v) is 7.60. The van der Waals surface area contributed by atoms with Crippen molar-refractivity contribution < 1.29 is 33.7 Å². The van der Waals surface area contributed by atoms with Gasteiger partial charge in [0.05, 0.1) is 13.2 Å². The maximum absolute atomic E-state index is 12.2. The predicted molar refractivity (Wildman–Crippen MR) is 125 cm³/mol. The molecule has 0 aromatic heterocycles. The first-order chi connectivity index (χ1) is 15.7. The van der Waals surface area contributed by atoms with Gasteiger partial charge in [-0.25, -0.2) is 9.59 Å². The molecule has 1 unspecified atom stereocenters. The summed E-state index contributed by atoms with van der Waals surface area (Å²) in [6, 6.07) is 8.21. The first-order valence-electron chi connectivity index (χ1n) is 11.1. The van der Waals surface area contributed by atoms with Crippen LogP contribution in [0.5, 0.6) is 0 Å². The molecule has 0 fully saturated rings. The van der Waals surface area contributed by atoms with Crippen molar-refractivity contribution in [2.24, 2.45) is 0 Å². The Labute approximate surface area is 196 Å². The molecular formula is C23H39N3O7. The van der Waals surface area contributed by atoms with Crippen LogP contribution in [-0.4, -0.2) is 67.8 Å². The van der Waals surface area contributed by atoms with Crippen LogP contribution in [-0.2, 0) is 25.6 Å². The van der Waals surface area contributed by atoms with E-state index in [9.17, 15) is 14.4 Å². The number of rotatable bonds is 12. The molecule has 0 aliphatic rings. The third-order valence-electron chi connectivity index (χ3n) is 3.70. The monoisotopic (exact) mass is 469 g/mol. The summed E-state index contributed by atoms with van der Waals surface area (Å²) in [5.74, 6) is -0.457. The van der Waals surface area contributed by atoms with E-state index >= 15 is 0 Å². The minimum absolute atomic E-state index is 0.0485. The van der Waals surface area contributed by atoms with Crippen LogP contribution in [0.25, 0.3) is 0 Å². The van der Waals surface area contributed by atoms with Gasteiger partial charge in [-0.2, -0.15) is 0 Å². The Hall–Kier alpha value is -2.85. The minimum Gasteiger partial charge on any atom is -0.445 e. The molecule has 0 aliphatic heterocycles. The molecule has 10 nitrogen and oxygen atoms in total. The highest BCUT2D eigenvalue weighted by Gasteiger charge is 2.20. The molecule has 0 radical (unpaired) electrons. The molecule has 188 valence electrons. The molecule has 0 aliphatic carbocycles. The maximum Gasteiger partial charge on any atom is 0.408 e. The number of benzene rings is 1. The molecule has 0 saturated heterocycles. The van der Waals surface area contributed by atoms with Crippen molar-refractivity contribution in [3.63, 3.8) is 0 Å². The van der Waals surface area contributed by atoms with Gasteiger partial charge in [-0.1, -0.05) is 44.2 Å². The van der Waals surface area contributed by atoms with Gasteiger partial charge in [0.1, 0.15) is 18.2 Å². The Morgan fingerprint density at radius 3 is 2.15 bits per heavy atom. The van der Waals surface area contributed by atoms with Gasteiger partial charge in [-0.15, -0.1) is 0 Å². The summed E-state index contributed by atoms with van der Waals surface area (Å²) in [6.45, 7) is 10.0. The second kappa shape index (κ2) is 17.7. The van der Waals surface area contributed by atoms with Crippen LogP contribution >= 0.6 is 0 Å². The van der Waals surface area contributed by atoms with Crippen LogP contribution < -0.4 is 16.0 Å². The molecule has 1 aromatic rings. The first-order valence-corrected chi connectivity index (χ1v) is 11.1. The fourth-order valence-electron chi connectivity index (χ4n) is 2.32. The zero-order chi connectivity index (χ0) is 25.1. The average molecular weight is 470 g/mol. The van der Waals surface area contributed by atoms with Crippen molar-refractivity contribution >= 4 is 18.1 Å². The number of carbonyl (C=O) groups excluding carboxylic acids is 3. The quantitative estimate of drug-likeness (QED) is 0.345. The molecular weight excluding hydrogens is 430 g/mol. The van der Waals surface area contributed by atoms with Crippen molar-refractivity contribution in [1.82, 2.24) is 16.0 Å². The van der Waals surface area contributed by atoms with Gasteiger partial charge in [0, 0.05) is 19.7 Å². The highest BCUT2D eigenvalue weighted by atomic mass is 16.6. The van der Waals surface area contributed by atoms with Crippen LogP contribution in [0, 0.1) is 0 Å². The van der Waals surface area contributed by atoms with Crippen LogP contribution in [0.2, 0.25) is 0 Å². The highest BCUT2D eigenvalue weighted by Crippen LogP contribution is 2.06. The fourth-order valence-corrected chi connectivity index (χ4v) is 2.32. The molecule has 3 amide bonds. The normalized spacial score (nSPS) is 11.3. The number of aliphatic hydroxyl groups is 1. The fraction of sp³-hybridized carbons (Fsp3) is 0.609. The second-order valence-electron chi connectivity index (χ2n) is 7.60. The summed E-state index contributed by atoms with van der Waals surface area (Å²) in [7, 11) is 0. The van der Waals surface area contributed by atoms with Crippen molar-refractivity contribution in [2.45, 2.75) is 59.3 Å². The van der Waals surface area contributed by atoms with Crippen LogP contribution in [0.3, 0.4) is 0 Å². The topological polar surface area (TPSA) is 135 Å². The summed E-state index contributed by atoms with van der Waals surface area (Å²) in [6.07, 6.45) is -1.23. The summed E-state index contributed by atoms with van der Waals surface area (Å²) >= 11 is 0. The Morgan fingerprint density at radius 2 is 1.58 bits per heavy atom. The maximum atomic E-state index is 12.2. The van der Waals surface area contributed by atoms with Gasteiger partial charge in [0.25, 0.3) is 0 Å². The Morgan fingerprint density at radius 1 is 0.970 bits per heavy atom. The number of amides is 3. The lowest BCUT2D eigenvalue weighted by molar-refractivity contribution is -0.123. The third kappa shape index (κ3) is 16.4. The van der Waals surface area contributed by atoms with E-state index in [0.717, 1.165) is 5.56 Å². The molecule has 0 saturated carbocycles. The van der Waals surface area contributed by atoms with E-state index in [4.69, 9.17) is 19.3 Å². The lowest BCUT2D eigenvalue weighted by Gasteiger charge is -2.19. The molecule has 1 atom stereocenters. The number of alkyl carbamates (subject to hydrolysis) is 2. The van der Waals surface area contributed by atoms with Gasteiger partial charge in [-0.05, 0) is 32.8 Å². The summed E-state index contributed by atoms with van der Waals surface area (Å²) in [4.78, 5) is 35.6. The van der Waals surface area contributed by atoms with Crippen molar-refractivity contribution in [3.8, 4) is 0 Å². The lowest BCUT2D eigenvalue weighted by atomic mass is 10.2. The van der Waals surface area contributed by atoms with E-state index < -0.39 is 29.7 Å². The molecule has 0 heterocycles. The molecule has 33 heavy (non-hydrogen) atoms. The van der Waals surface area contributed by atoms with E-state index in [1.165, 1.54) is 0 Å². The number of carbonyl (C=O) groups is 3. The number of hydrogen-bond acceptors (Lipinski definition) is 7. The number of aliphatic hydroxyl groups excluding tert-OH is 1. The summed E-state index contributed by atoms with van der Waals surface area (Å²) in [5.41, 5.74) is 0.252. The zero-order valence-electron chi connectivity index (χ0n) is 20.3. The van der Waals surface area contributed by atoms with E-state index in [2.05, 4.69) is 16.0 Å². The molecule has 1 aromatic carbocycles. The molecule has 4 N–H and O–H groups in total. The van der Waals surface area contributed by atoms with Gasteiger partial charge in [-0.3, -0.25) is 4.79 Å². The standard InChI is InChI=1S/C21H33N3O7.C2H6/c1-21(2,3)31-19(27)23-11-14-29-13-10-22-18(26)17(9-12-25)24-20(28)30-15-16-7-5-4-6-8-16;1-2/h4-8,17,25H,9-15H2,1-3H3,(H,22,26)(H,23,27)(H,24,28);1-2H3. The Bertz CT molecular complexity index is 678. The summed E-state index contributed by atoms with van der Waals surface area (Å²) < 4.78 is 15.5. The van der Waals surface area contributed by atoms with Crippen LogP contribution in [0.1, 0.15) is 46.6 Å². The largest absolute Gasteiger partial charge is 0.445 e. The van der Waals surface area contributed by atoms with Crippen molar-refractivity contribution in [2.75, 3.05) is 32.9 Å². The molecule has 1 rings (SSSR count). The Kier molecular flexibility index (Phi) is 16.1. The number of ether oxygens (including phenoxy) is 3. The highest BCUT2D eigenvalue weighted by molar-refractivity contribution is 5.85. The molecule has 10 heteroatoms. The van der Waals surface area contributed by atoms with Gasteiger partial charge in [0.15, 0.2) is 0 Å². The van der Waals surface area contributed by atoms with E-state index in [1.54, 1.807) is 20.8 Å². The van der Waals surface area contributed by atoms with E-state index in [-0.39, 0.29) is 45.9 Å². The molecule has 0 spiro atoms.